The zero-order chi connectivity index (χ0) is 13.8. The molecule has 0 heterocycles. The average Bonchev–Trinajstić information content (AvgIpc) is 2.39. The molecule has 0 saturated carbocycles. The first-order chi connectivity index (χ1) is 9.10. The van der Waals surface area contributed by atoms with Gasteiger partial charge in [0.1, 0.15) is 11.5 Å². The Bertz CT molecular complexity index is 597. The monoisotopic (exact) mass is 276 g/mol. The van der Waals surface area contributed by atoms with Crippen LogP contribution in [-0.2, 0) is 6.54 Å². The number of ether oxygens (including phenoxy) is 1. The molecule has 2 aromatic carbocycles. The molecule has 0 aliphatic heterocycles. The molecule has 0 bridgehead atoms. The molecule has 2 aromatic rings. The summed E-state index contributed by atoms with van der Waals surface area (Å²) in [5.74, 6) is 0.709. The highest BCUT2D eigenvalue weighted by atomic mass is 35.5. The molecule has 0 saturated heterocycles. The lowest BCUT2D eigenvalue weighted by molar-refractivity contribution is 0.100. The maximum absolute atomic E-state index is 11.0. The van der Waals surface area contributed by atoms with Gasteiger partial charge >= 0.3 is 0 Å². The van der Waals surface area contributed by atoms with Gasteiger partial charge < -0.3 is 16.2 Å². The number of primary amides is 1. The van der Waals surface area contributed by atoms with Gasteiger partial charge in [-0.1, -0.05) is 17.7 Å². The van der Waals surface area contributed by atoms with Gasteiger partial charge in [0.2, 0.25) is 5.91 Å². The van der Waals surface area contributed by atoms with E-state index in [2.05, 4.69) is 0 Å². The molecule has 19 heavy (non-hydrogen) atoms. The second-order valence-electron chi connectivity index (χ2n) is 3.95. The maximum Gasteiger partial charge on any atom is 0.248 e. The van der Waals surface area contributed by atoms with Crippen molar-refractivity contribution in [3.63, 3.8) is 0 Å². The zero-order valence-electron chi connectivity index (χ0n) is 10.1. The summed E-state index contributed by atoms with van der Waals surface area (Å²) in [4.78, 5) is 11.0. The zero-order valence-corrected chi connectivity index (χ0v) is 10.9. The minimum Gasteiger partial charge on any atom is -0.457 e. The third kappa shape index (κ3) is 3.24. The molecule has 98 valence electrons. The highest BCUT2D eigenvalue weighted by Crippen LogP contribution is 2.28. The Morgan fingerprint density at radius 2 is 1.84 bits per heavy atom. The third-order valence-electron chi connectivity index (χ3n) is 2.62. The molecule has 0 atom stereocenters. The number of hydrogen-bond donors (Lipinski definition) is 2. The maximum atomic E-state index is 11.0. The molecule has 0 aliphatic rings. The van der Waals surface area contributed by atoms with Crippen LogP contribution in [-0.4, -0.2) is 5.91 Å². The standard InChI is InChI=1S/C14H13ClN2O2/c15-11-4-1-10(8-16)13(7-11)19-12-5-2-9(3-6-12)14(17)18/h1-7H,8,16H2,(H2,17,18). The van der Waals surface area contributed by atoms with E-state index in [-0.39, 0.29) is 0 Å². The van der Waals surface area contributed by atoms with Gasteiger partial charge in [-0.25, -0.2) is 0 Å². The van der Waals surface area contributed by atoms with Crippen LogP contribution in [0.4, 0.5) is 0 Å². The number of halogens is 1. The second-order valence-corrected chi connectivity index (χ2v) is 4.38. The van der Waals surface area contributed by atoms with E-state index < -0.39 is 5.91 Å². The minimum absolute atomic E-state index is 0.353. The Balaban J connectivity index is 2.25. The van der Waals surface area contributed by atoms with E-state index in [1.807, 2.05) is 6.07 Å². The first kappa shape index (κ1) is 13.4. The summed E-state index contributed by atoms with van der Waals surface area (Å²) in [6.07, 6.45) is 0. The minimum atomic E-state index is -0.475. The smallest absolute Gasteiger partial charge is 0.248 e. The molecule has 1 amide bonds. The Morgan fingerprint density at radius 3 is 2.42 bits per heavy atom. The second kappa shape index (κ2) is 5.73. The molecule has 0 unspecified atom stereocenters. The van der Waals surface area contributed by atoms with Gasteiger partial charge in [0, 0.05) is 22.7 Å². The molecule has 0 aliphatic carbocycles. The normalized spacial score (nSPS) is 10.2. The molecular weight excluding hydrogens is 264 g/mol. The van der Waals surface area contributed by atoms with Crippen molar-refractivity contribution in [1.29, 1.82) is 0 Å². The van der Waals surface area contributed by atoms with Crippen LogP contribution in [0.2, 0.25) is 5.02 Å². The fourth-order valence-electron chi connectivity index (χ4n) is 1.61. The molecule has 0 aromatic heterocycles. The summed E-state index contributed by atoms with van der Waals surface area (Å²) >= 11 is 5.92. The summed E-state index contributed by atoms with van der Waals surface area (Å²) in [7, 11) is 0. The van der Waals surface area contributed by atoms with E-state index in [4.69, 9.17) is 27.8 Å². The summed E-state index contributed by atoms with van der Waals surface area (Å²) in [5.41, 5.74) is 12.1. The van der Waals surface area contributed by atoms with Crippen molar-refractivity contribution in [2.45, 2.75) is 6.54 Å². The van der Waals surface area contributed by atoms with Crippen molar-refractivity contribution in [3.05, 3.63) is 58.6 Å². The van der Waals surface area contributed by atoms with Gasteiger partial charge in [-0.2, -0.15) is 0 Å². The van der Waals surface area contributed by atoms with Gasteiger partial charge in [-0.05, 0) is 36.4 Å². The van der Waals surface area contributed by atoms with Crippen LogP contribution in [0.3, 0.4) is 0 Å². The Kier molecular flexibility index (Phi) is 4.04. The molecule has 2 rings (SSSR count). The molecular formula is C14H13ClN2O2. The Hall–Kier alpha value is -2.04. The molecule has 4 N–H and O–H groups in total. The van der Waals surface area contributed by atoms with Crippen molar-refractivity contribution < 1.29 is 9.53 Å². The molecule has 4 nitrogen and oxygen atoms in total. The Labute approximate surface area is 115 Å². The number of nitrogens with two attached hydrogens (primary N) is 2. The quantitative estimate of drug-likeness (QED) is 0.901. The number of amides is 1. The van der Waals surface area contributed by atoms with E-state index in [1.165, 1.54) is 0 Å². The number of benzene rings is 2. The first-order valence-electron chi connectivity index (χ1n) is 5.66. The van der Waals surface area contributed by atoms with Crippen LogP contribution >= 0.6 is 11.6 Å². The molecule has 0 fully saturated rings. The lowest BCUT2D eigenvalue weighted by Gasteiger charge is -2.10. The lowest BCUT2D eigenvalue weighted by atomic mass is 10.2. The predicted octanol–water partition coefficient (Wildman–Crippen LogP) is 2.69. The molecule has 5 heteroatoms. The topological polar surface area (TPSA) is 78.3 Å². The van der Waals surface area contributed by atoms with Gasteiger partial charge in [0.05, 0.1) is 0 Å². The summed E-state index contributed by atoms with van der Waals surface area (Å²) in [6.45, 7) is 0.353. The number of rotatable bonds is 4. The van der Waals surface area contributed by atoms with Crippen LogP contribution < -0.4 is 16.2 Å². The highest BCUT2D eigenvalue weighted by Gasteiger charge is 2.06. The lowest BCUT2D eigenvalue weighted by Crippen LogP contribution is -2.10. The van der Waals surface area contributed by atoms with E-state index in [0.29, 0.717) is 28.6 Å². The van der Waals surface area contributed by atoms with Crippen LogP contribution in [0.1, 0.15) is 15.9 Å². The SMILES string of the molecule is NCc1ccc(Cl)cc1Oc1ccc(C(N)=O)cc1. The van der Waals surface area contributed by atoms with E-state index in [9.17, 15) is 4.79 Å². The van der Waals surface area contributed by atoms with Gasteiger partial charge in [0.25, 0.3) is 0 Å². The number of hydrogen-bond acceptors (Lipinski definition) is 3. The summed E-state index contributed by atoms with van der Waals surface area (Å²) in [5, 5.41) is 0.570. The summed E-state index contributed by atoms with van der Waals surface area (Å²) in [6, 6.07) is 11.8. The van der Waals surface area contributed by atoms with Crippen molar-refractivity contribution in [2.75, 3.05) is 0 Å². The highest BCUT2D eigenvalue weighted by molar-refractivity contribution is 6.30. The van der Waals surface area contributed by atoms with Crippen LogP contribution in [0.25, 0.3) is 0 Å². The van der Waals surface area contributed by atoms with Crippen LogP contribution in [0, 0.1) is 0 Å². The number of carbonyl (C=O) groups excluding carboxylic acids is 1. The molecule has 0 radical (unpaired) electrons. The van der Waals surface area contributed by atoms with Gasteiger partial charge in [-0.15, -0.1) is 0 Å². The van der Waals surface area contributed by atoms with E-state index in [1.54, 1.807) is 36.4 Å². The largest absolute Gasteiger partial charge is 0.457 e. The Morgan fingerprint density at radius 1 is 1.16 bits per heavy atom. The van der Waals surface area contributed by atoms with Gasteiger partial charge in [-0.3, -0.25) is 4.79 Å². The van der Waals surface area contributed by atoms with Crippen molar-refractivity contribution >= 4 is 17.5 Å². The van der Waals surface area contributed by atoms with Crippen molar-refractivity contribution in [3.8, 4) is 11.5 Å². The fourth-order valence-corrected chi connectivity index (χ4v) is 1.77. The average molecular weight is 277 g/mol. The summed E-state index contributed by atoms with van der Waals surface area (Å²) < 4.78 is 5.70. The van der Waals surface area contributed by atoms with Crippen molar-refractivity contribution in [1.82, 2.24) is 0 Å². The fraction of sp³-hybridized carbons (Fsp3) is 0.0714. The van der Waals surface area contributed by atoms with E-state index in [0.717, 1.165) is 5.56 Å². The predicted molar refractivity (Wildman–Crippen MR) is 74.4 cm³/mol. The number of carbonyl (C=O) groups is 1. The first-order valence-corrected chi connectivity index (χ1v) is 6.04. The van der Waals surface area contributed by atoms with Crippen LogP contribution in [0.15, 0.2) is 42.5 Å². The van der Waals surface area contributed by atoms with E-state index >= 15 is 0 Å². The van der Waals surface area contributed by atoms with Crippen molar-refractivity contribution in [2.24, 2.45) is 11.5 Å². The molecule has 0 spiro atoms. The van der Waals surface area contributed by atoms with Gasteiger partial charge in [0.15, 0.2) is 0 Å². The van der Waals surface area contributed by atoms with Crippen LogP contribution in [0.5, 0.6) is 11.5 Å². The third-order valence-corrected chi connectivity index (χ3v) is 2.85.